The summed E-state index contributed by atoms with van der Waals surface area (Å²) in [5.74, 6) is 0.764. The van der Waals surface area contributed by atoms with Crippen molar-refractivity contribution >= 4 is 61.3 Å². The number of thiophene rings is 1. The first kappa shape index (κ1) is 27.1. The minimum Gasteiger partial charge on any atom is -0.384 e. The molecule has 0 bridgehead atoms. The van der Waals surface area contributed by atoms with Crippen LogP contribution in [0, 0.1) is 6.92 Å². The van der Waals surface area contributed by atoms with Crippen LogP contribution in [0.15, 0.2) is 57.7 Å². The highest BCUT2D eigenvalue weighted by molar-refractivity contribution is 7.92. The summed E-state index contributed by atoms with van der Waals surface area (Å²) in [7, 11) is -4.06. The topological polar surface area (TPSA) is 138 Å². The number of nitrogens with one attached hydrogen (secondary N) is 3. The summed E-state index contributed by atoms with van der Waals surface area (Å²) in [5.41, 5.74) is 1.46. The molecule has 0 unspecified atom stereocenters. The Morgan fingerprint density at radius 2 is 1.87 bits per heavy atom. The number of carbonyl (C=O) groups excluding carboxylic acids is 1. The molecule has 39 heavy (non-hydrogen) atoms. The number of sulfonamides is 1. The van der Waals surface area contributed by atoms with E-state index in [1.807, 2.05) is 16.9 Å². The van der Waals surface area contributed by atoms with Crippen molar-refractivity contribution in [2.45, 2.75) is 24.0 Å². The largest absolute Gasteiger partial charge is 0.384 e. The Kier molecular flexibility index (Phi) is 7.84. The van der Waals surface area contributed by atoms with Crippen molar-refractivity contribution in [2.75, 3.05) is 36.8 Å². The molecule has 14 heteroatoms. The number of hydrogen-bond acceptors (Lipinski definition) is 9. The maximum atomic E-state index is 13.3. The van der Waals surface area contributed by atoms with Gasteiger partial charge < -0.3 is 15.5 Å². The number of nitrogens with zero attached hydrogens (tertiary/aromatic N) is 4. The van der Waals surface area contributed by atoms with Gasteiger partial charge in [-0.05, 0) is 75.3 Å². The molecule has 1 aliphatic rings. The van der Waals surface area contributed by atoms with Gasteiger partial charge in [0, 0.05) is 18.8 Å². The molecule has 3 N–H and O–H groups in total. The summed E-state index contributed by atoms with van der Waals surface area (Å²) in [6.07, 6.45) is 3.84. The number of aromatic nitrogens is 3. The van der Waals surface area contributed by atoms with Crippen LogP contribution in [0.3, 0.4) is 0 Å². The summed E-state index contributed by atoms with van der Waals surface area (Å²) >= 11 is 6.62. The Morgan fingerprint density at radius 1 is 1.10 bits per heavy atom. The first-order chi connectivity index (χ1) is 18.7. The van der Waals surface area contributed by atoms with Crippen LogP contribution in [0.4, 0.5) is 16.2 Å². The lowest BCUT2D eigenvalue weighted by molar-refractivity contribution is 0.256. The number of hydrogen-bond donors (Lipinski definition) is 3. The SMILES string of the molecule is Cc1nc2cc(NCCN3CCCC3)ccc2c(=O)n1-c1ccc(NC(=O)NS(=O)(=O)c2ccc(Cl)s2)cn1. The molecule has 0 radical (unpaired) electrons. The Bertz CT molecular complexity index is 1680. The van der Waals surface area contributed by atoms with Crippen molar-refractivity contribution in [3.63, 3.8) is 0 Å². The van der Waals surface area contributed by atoms with E-state index < -0.39 is 16.1 Å². The summed E-state index contributed by atoms with van der Waals surface area (Å²) in [6.45, 7) is 5.80. The number of halogens is 1. The lowest BCUT2D eigenvalue weighted by Gasteiger charge is -2.16. The monoisotopic (exact) mass is 587 g/mol. The minimum absolute atomic E-state index is 0.0836. The van der Waals surface area contributed by atoms with Gasteiger partial charge in [0.1, 0.15) is 15.9 Å². The molecule has 0 atom stereocenters. The van der Waals surface area contributed by atoms with Crippen molar-refractivity contribution in [2.24, 2.45) is 0 Å². The zero-order chi connectivity index (χ0) is 27.6. The number of amides is 2. The average Bonchev–Trinajstić information content (AvgIpc) is 3.57. The standard InChI is InChI=1S/C25H26ClN7O4S2/c1-16-29-20-14-17(27-10-13-32-11-2-3-12-32)4-6-19(20)24(34)33(16)22-8-5-18(15-28-22)30-25(35)31-39(36,37)23-9-7-21(26)38-23/h4-9,14-15,27H,2-3,10-13H2,1H3,(H2,30,31,35). The fourth-order valence-corrected chi connectivity index (χ4v) is 6.79. The van der Waals surface area contributed by atoms with Crippen LogP contribution in [0.5, 0.6) is 0 Å². The number of carbonyl (C=O) groups is 1. The molecule has 0 aliphatic carbocycles. The molecule has 1 saturated heterocycles. The van der Waals surface area contributed by atoms with E-state index in [4.69, 9.17) is 11.6 Å². The van der Waals surface area contributed by atoms with Gasteiger partial charge in [-0.25, -0.2) is 32.5 Å². The Morgan fingerprint density at radius 3 is 2.56 bits per heavy atom. The van der Waals surface area contributed by atoms with Gasteiger partial charge in [0.15, 0.2) is 0 Å². The fourth-order valence-electron chi connectivity index (χ4n) is 4.40. The number of aryl methyl sites for hydroxylation is 1. The van der Waals surface area contributed by atoms with Gasteiger partial charge in [0.2, 0.25) is 0 Å². The minimum atomic E-state index is -4.06. The lowest BCUT2D eigenvalue weighted by Crippen LogP contribution is -2.34. The maximum Gasteiger partial charge on any atom is 0.333 e. The van der Waals surface area contributed by atoms with Crippen LogP contribution in [0.2, 0.25) is 4.34 Å². The molecule has 1 fully saturated rings. The molecule has 1 aliphatic heterocycles. The molecular formula is C25H26ClN7O4S2. The summed E-state index contributed by atoms with van der Waals surface area (Å²) in [6, 6.07) is 10.3. The molecule has 5 rings (SSSR count). The van der Waals surface area contributed by atoms with Gasteiger partial charge in [-0.2, -0.15) is 0 Å². The fraction of sp³-hybridized carbons (Fsp3) is 0.280. The number of likely N-dealkylation sites (tertiary alicyclic amines) is 1. The van der Waals surface area contributed by atoms with Crippen LogP contribution >= 0.6 is 22.9 Å². The first-order valence-electron chi connectivity index (χ1n) is 12.2. The molecule has 0 spiro atoms. The molecule has 11 nitrogen and oxygen atoms in total. The van der Waals surface area contributed by atoms with E-state index >= 15 is 0 Å². The second-order valence-electron chi connectivity index (χ2n) is 9.03. The number of pyridine rings is 1. The normalized spacial score (nSPS) is 14.0. The van der Waals surface area contributed by atoms with E-state index in [0.29, 0.717) is 22.5 Å². The zero-order valence-electron chi connectivity index (χ0n) is 21.0. The van der Waals surface area contributed by atoms with Gasteiger partial charge in [-0.15, -0.1) is 11.3 Å². The number of benzene rings is 1. The van der Waals surface area contributed by atoms with E-state index in [1.54, 1.807) is 19.1 Å². The second kappa shape index (κ2) is 11.3. The predicted molar refractivity (Wildman–Crippen MR) is 153 cm³/mol. The zero-order valence-corrected chi connectivity index (χ0v) is 23.4. The van der Waals surface area contributed by atoms with E-state index in [-0.39, 0.29) is 19.8 Å². The predicted octanol–water partition coefficient (Wildman–Crippen LogP) is 3.82. The Labute approximate surface area is 233 Å². The average molecular weight is 588 g/mol. The molecule has 2 amide bonds. The summed E-state index contributed by atoms with van der Waals surface area (Å²) < 4.78 is 28.1. The molecule has 204 valence electrons. The number of rotatable bonds is 8. The van der Waals surface area contributed by atoms with Crippen molar-refractivity contribution in [3.05, 3.63) is 69.2 Å². The number of anilines is 2. The third-order valence-corrected chi connectivity index (χ3v) is 9.32. The van der Waals surface area contributed by atoms with Crippen molar-refractivity contribution in [1.29, 1.82) is 0 Å². The van der Waals surface area contributed by atoms with Crippen molar-refractivity contribution < 1.29 is 13.2 Å². The second-order valence-corrected chi connectivity index (χ2v) is 12.7. The van der Waals surface area contributed by atoms with E-state index in [9.17, 15) is 18.0 Å². The lowest BCUT2D eigenvalue weighted by atomic mass is 10.2. The van der Waals surface area contributed by atoms with E-state index in [1.165, 1.54) is 41.8 Å². The van der Waals surface area contributed by atoms with E-state index in [0.717, 1.165) is 43.2 Å². The van der Waals surface area contributed by atoms with Gasteiger partial charge in [0.05, 0.1) is 27.1 Å². The molecule has 4 heterocycles. The van der Waals surface area contributed by atoms with Crippen LogP contribution < -0.4 is 20.9 Å². The smallest absolute Gasteiger partial charge is 0.333 e. The highest BCUT2D eigenvalue weighted by Crippen LogP contribution is 2.25. The molecule has 0 saturated carbocycles. The summed E-state index contributed by atoms with van der Waals surface area (Å²) in [4.78, 5) is 36.9. The molecular weight excluding hydrogens is 562 g/mol. The highest BCUT2D eigenvalue weighted by atomic mass is 35.5. The third-order valence-electron chi connectivity index (χ3n) is 6.27. The quantitative estimate of drug-likeness (QED) is 0.283. The Hall–Kier alpha value is -3.52. The number of fused-ring (bicyclic) bond motifs is 1. The first-order valence-corrected chi connectivity index (χ1v) is 14.9. The molecule has 1 aromatic carbocycles. The van der Waals surface area contributed by atoms with Gasteiger partial charge >= 0.3 is 6.03 Å². The molecule has 4 aromatic rings. The Balaban J connectivity index is 1.28. The van der Waals surface area contributed by atoms with E-state index in [2.05, 4.69) is 25.5 Å². The third kappa shape index (κ3) is 6.22. The van der Waals surface area contributed by atoms with Gasteiger partial charge in [-0.1, -0.05) is 11.6 Å². The van der Waals surface area contributed by atoms with Crippen LogP contribution in [-0.4, -0.2) is 60.1 Å². The van der Waals surface area contributed by atoms with Crippen molar-refractivity contribution in [1.82, 2.24) is 24.2 Å². The molecule has 3 aromatic heterocycles. The summed E-state index contributed by atoms with van der Waals surface area (Å²) in [5, 5.41) is 6.28. The number of urea groups is 1. The van der Waals surface area contributed by atoms with Crippen LogP contribution in [0.1, 0.15) is 18.7 Å². The van der Waals surface area contributed by atoms with Gasteiger partial charge in [-0.3, -0.25) is 4.79 Å². The van der Waals surface area contributed by atoms with Crippen molar-refractivity contribution in [3.8, 4) is 5.82 Å². The maximum absolute atomic E-state index is 13.3. The highest BCUT2D eigenvalue weighted by Gasteiger charge is 2.20. The van der Waals surface area contributed by atoms with Crippen LogP contribution in [-0.2, 0) is 10.0 Å². The van der Waals surface area contributed by atoms with Crippen LogP contribution in [0.25, 0.3) is 16.7 Å². The van der Waals surface area contributed by atoms with Gasteiger partial charge in [0.25, 0.3) is 15.6 Å².